The van der Waals surface area contributed by atoms with E-state index in [1.165, 1.54) is 39.7 Å². The van der Waals surface area contributed by atoms with Gasteiger partial charge in [-0.15, -0.1) is 0 Å². The minimum Gasteiger partial charge on any atom is -0.493 e. The van der Waals surface area contributed by atoms with Crippen molar-refractivity contribution >= 4 is 28.9 Å². The van der Waals surface area contributed by atoms with Gasteiger partial charge in [0.2, 0.25) is 5.75 Å². The van der Waals surface area contributed by atoms with Crippen molar-refractivity contribution < 1.29 is 23.8 Å². The Morgan fingerprint density at radius 3 is 2.38 bits per heavy atom. The zero-order valence-electron chi connectivity index (χ0n) is 17.7. The Balaban J connectivity index is 1.61. The number of hydrogen-bond acceptors (Lipinski definition) is 7. The molecule has 0 saturated heterocycles. The summed E-state index contributed by atoms with van der Waals surface area (Å²) in [6, 6.07) is 11.9. The summed E-state index contributed by atoms with van der Waals surface area (Å²) >= 11 is 0. The van der Waals surface area contributed by atoms with Crippen molar-refractivity contribution in [2.45, 2.75) is 0 Å². The molecule has 0 aliphatic rings. The van der Waals surface area contributed by atoms with E-state index in [9.17, 15) is 14.4 Å². The molecule has 166 valence electrons. The van der Waals surface area contributed by atoms with Crippen LogP contribution in [-0.2, 0) is 4.79 Å². The fraction of sp³-hybridized carbons (Fsp3) is 0.182. The number of hydrogen-bond donors (Lipinski definition) is 3. The van der Waals surface area contributed by atoms with Gasteiger partial charge in [-0.2, -0.15) is 5.10 Å². The molecule has 0 aliphatic carbocycles. The molecular formula is C22H22N4O6. The molecule has 1 heterocycles. The Bertz CT molecular complexity index is 1210. The van der Waals surface area contributed by atoms with Crippen LogP contribution in [-0.4, -0.2) is 50.9 Å². The number of amides is 2. The van der Waals surface area contributed by atoms with Crippen molar-refractivity contribution in [3.8, 4) is 17.2 Å². The smallest absolute Gasteiger partial charge is 0.259 e. The third-order valence-corrected chi connectivity index (χ3v) is 4.51. The molecule has 0 saturated carbocycles. The van der Waals surface area contributed by atoms with Crippen molar-refractivity contribution in [1.29, 1.82) is 0 Å². The number of carbonyl (C=O) groups is 2. The predicted octanol–water partition coefficient (Wildman–Crippen LogP) is 1.43. The van der Waals surface area contributed by atoms with Crippen molar-refractivity contribution in [1.82, 2.24) is 15.7 Å². The molecule has 3 aromatic rings. The van der Waals surface area contributed by atoms with Crippen LogP contribution in [0.4, 0.5) is 0 Å². The first-order valence-corrected chi connectivity index (χ1v) is 9.49. The van der Waals surface area contributed by atoms with Gasteiger partial charge in [-0.3, -0.25) is 14.4 Å². The summed E-state index contributed by atoms with van der Waals surface area (Å²) in [5.41, 5.74) is 3.14. The molecule has 0 bridgehead atoms. The summed E-state index contributed by atoms with van der Waals surface area (Å²) in [4.78, 5) is 39.3. The minimum absolute atomic E-state index is 0.221. The summed E-state index contributed by atoms with van der Waals surface area (Å²) in [6.07, 6.45) is 1.24. The summed E-state index contributed by atoms with van der Waals surface area (Å²) in [6.45, 7) is -0.332. The summed E-state index contributed by atoms with van der Waals surface area (Å²) in [7, 11) is 4.33. The van der Waals surface area contributed by atoms with E-state index in [2.05, 4.69) is 20.8 Å². The summed E-state index contributed by atoms with van der Waals surface area (Å²) in [5.74, 6) is -0.116. The lowest BCUT2D eigenvalue weighted by Crippen LogP contribution is -2.35. The lowest BCUT2D eigenvalue weighted by atomic mass is 10.1. The van der Waals surface area contributed by atoms with Crippen molar-refractivity contribution in [3.05, 3.63) is 63.9 Å². The van der Waals surface area contributed by atoms with Crippen LogP contribution < -0.4 is 30.5 Å². The van der Waals surface area contributed by atoms with Gasteiger partial charge in [-0.25, -0.2) is 5.43 Å². The third-order valence-electron chi connectivity index (χ3n) is 4.51. The molecule has 0 spiro atoms. The fourth-order valence-electron chi connectivity index (χ4n) is 2.95. The van der Waals surface area contributed by atoms with Crippen molar-refractivity contribution in [2.75, 3.05) is 27.9 Å². The van der Waals surface area contributed by atoms with Gasteiger partial charge >= 0.3 is 0 Å². The zero-order chi connectivity index (χ0) is 23.1. The van der Waals surface area contributed by atoms with Crippen LogP contribution in [0.25, 0.3) is 10.9 Å². The highest BCUT2D eigenvalue weighted by atomic mass is 16.5. The Morgan fingerprint density at radius 2 is 1.72 bits per heavy atom. The van der Waals surface area contributed by atoms with Gasteiger partial charge < -0.3 is 24.5 Å². The van der Waals surface area contributed by atoms with Crippen LogP contribution in [0.1, 0.15) is 15.9 Å². The molecule has 0 fully saturated rings. The van der Waals surface area contributed by atoms with Crippen LogP contribution in [0.2, 0.25) is 0 Å². The van der Waals surface area contributed by atoms with Crippen LogP contribution in [0.15, 0.2) is 52.4 Å². The Kier molecular flexibility index (Phi) is 7.06. The number of ether oxygens (including phenoxy) is 3. The third kappa shape index (κ3) is 5.04. The monoisotopic (exact) mass is 438 g/mol. The van der Waals surface area contributed by atoms with Gasteiger partial charge in [0.15, 0.2) is 11.5 Å². The second-order valence-corrected chi connectivity index (χ2v) is 6.53. The van der Waals surface area contributed by atoms with E-state index in [1.807, 2.05) is 18.2 Å². The number of nitrogens with one attached hydrogen (secondary N) is 3. The summed E-state index contributed by atoms with van der Waals surface area (Å²) in [5, 5.41) is 7.09. The Labute approximate surface area is 183 Å². The first kappa shape index (κ1) is 22.3. The molecule has 0 radical (unpaired) electrons. The molecule has 3 N–H and O–H groups in total. The average Bonchev–Trinajstić information content (AvgIpc) is 2.81. The van der Waals surface area contributed by atoms with Crippen LogP contribution in [0, 0.1) is 0 Å². The highest BCUT2D eigenvalue weighted by Gasteiger charge is 2.17. The molecule has 0 atom stereocenters. The van der Waals surface area contributed by atoms with E-state index in [0.717, 1.165) is 5.39 Å². The number of carbonyl (C=O) groups excluding carboxylic acids is 2. The van der Waals surface area contributed by atoms with Gasteiger partial charge in [0.25, 0.3) is 17.4 Å². The molecule has 10 nitrogen and oxygen atoms in total. The fourth-order valence-corrected chi connectivity index (χ4v) is 2.95. The molecule has 1 aromatic heterocycles. The first-order valence-electron chi connectivity index (χ1n) is 9.49. The highest BCUT2D eigenvalue weighted by Crippen LogP contribution is 2.38. The first-order chi connectivity index (χ1) is 15.5. The maximum Gasteiger partial charge on any atom is 0.259 e. The van der Waals surface area contributed by atoms with E-state index in [4.69, 9.17) is 14.2 Å². The second kappa shape index (κ2) is 10.1. The maximum atomic E-state index is 12.4. The van der Waals surface area contributed by atoms with Gasteiger partial charge in [0.05, 0.1) is 39.7 Å². The number of para-hydroxylation sites is 1. The van der Waals surface area contributed by atoms with Crippen molar-refractivity contribution in [2.24, 2.45) is 5.10 Å². The second-order valence-electron chi connectivity index (χ2n) is 6.53. The quantitative estimate of drug-likeness (QED) is 0.360. The SMILES string of the molecule is COc1cc(C(=O)NCC(=O)N/N=C/c2cc3ccccc3[nH]c2=O)cc(OC)c1OC. The Morgan fingerprint density at radius 1 is 1.03 bits per heavy atom. The molecule has 2 amide bonds. The lowest BCUT2D eigenvalue weighted by molar-refractivity contribution is -0.120. The normalized spacial score (nSPS) is 10.7. The molecule has 3 rings (SSSR count). The number of methoxy groups -OCH3 is 3. The lowest BCUT2D eigenvalue weighted by Gasteiger charge is -2.14. The van der Waals surface area contributed by atoms with Gasteiger partial charge in [-0.1, -0.05) is 18.2 Å². The zero-order valence-corrected chi connectivity index (χ0v) is 17.7. The number of rotatable bonds is 8. The predicted molar refractivity (Wildman–Crippen MR) is 119 cm³/mol. The number of aromatic nitrogens is 1. The Hall–Kier alpha value is -4.34. The van der Waals surface area contributed by atoms with E-state index in [1.54, 1.807) is 12.1 Å². The topological polar surface area (TPSA) is 131 Å². The number of hydrazone groups is 1. The van der Waals surface area contributed by atoms with Gasteiger partial charge in [0.1, 0.15) is 0 Å². The standard InChI is InChI=1S/C22H22N4O6/c1-30-17-9-14(10-18(31-2)20(17)32-3)21(28)23-12-19(27)26-24-11-15-8-13-6-4-5-7-16(13)25-22(15)29/h4-11H,12H2,1-3H3,(H,23,28)(H,25,29)(H,26,27)/b24-11+. The number of benzene rings is 2. The van der Waals surface area contributed by atoms with E-state index >= 15 is 0 Å². The molecule has 32 heavy (non-hydrogen) atoms. The molecular weight excluding hydrogens is 416 g/mol. The van der Waals surface area contributed by atoms with E-state index in [0.29, 0.717) is 22.8 Å². The number of pyridine rings is 1. The van der Waals surface area contributed by atoms with Crippen LogP contribution >= 0.6 is 0 Å². The number of H-pyrrole nitrogens is 1. The molecule has 0 aliphatic heterocycles. The van der Waals surface area contributed by atoms with Crippen LogP contribution in [0.5, 0.6) is 17.2 Å². The van der Waals surface area contributed by atoms with Crippen LogP contribution in [0.3, 0.4) is 0 Å². The average molecular weight is 438 g/mol. The van der Waals surface area contributed by atoms with Gasteiger partial charge in [0, 0.05) is 11.1 Å². The number of nitrogens with zero attached hydrogens (tertiary/aromatic N) is 1. The molecule has 0 unspecified atom stereocenters. The summed E-state index contributed by atoms with van der Waals surface area (Å²) < 4.78 is 15.6. The number of fused-ring (bicyclic) bond motifs is 1. The molecule has 2 aromatic carbocycles. The highest BCUT2D eigenvalue weighted by molar-refractivity contribution is 5.97. The molecule has 10 heteroatoms. The van der Waals surface area contributed by atoms with Crippen molar-refractivity contribution in [3.63, 3.8) is 0 Å². The van der Waals surface area contributed by atoms with E-state index < -0.39 is 11.8 Å². The van der Waals surface area contributed by atoms with Gasteiger partial charge in [-0.05, 0) is 29.7 Å². The van der Waals surface area contributed by atoms with E-state index in [-0.39, 0.29) is 23.2 Å². The largest absolute Gasteiger partial charge is 0.493 e. The number of aromatic amines is 1. The maximum absolute atomic E-state index is 12.4. The minimum atomic E-state index is -0.570.